The molecule has 0 fully saturated rings. The van der Waals surface area contributed by atoms with Gasteiger partial charge in [-0.25, -0.2) is 0 Å². The van der Waals surface area contributed by atoms with Crippen LogP contribution in [0, 0.1) is 0 Å². The molecule has 0 aliphatic rings. The van der Waals surface area contributed by atoms with Crippen molar-refractivity contribution in [3.63, 3.8) is 0 Å². The van der Waals surface area contributed by atoms with Gasteiger partial charge in [0.05, 0.1) is 0 Å². The van der Waals surface area contributed by atoms with E-state index in [4.69, 9.17) is 0 Å². The smallest absolute Gasteiger partial charge is 1.00 e. The van der Waals surface area contributed by atoms with Crippen LogP contribution in [-0.2, 0) is 6.42 Å². The molecule has 0 unspecified atom stereocenters. The van der Waals surface area contributed by atoms with Crippen LogP contribution < -0.4 is 0 Å². The van der Waals surface area contributed by atoms with Gasteiger partial charge in [0.15, 0.2) is 0 Å². The molecule has 2 heteroatoms. The van der Waals surface area contributed by atoms with Gasteiger partial charge in [-0.2, -0.15) is 0 Å². The van der Waals surface area contributed by atoms with Gasteiger partial charge in [-0.3, -0.25) is 0 Å². The zero-order valence-corrected chi connectivity index (χ0v) is 9.10. The largest absolute Gasteiger partial charge is 2.00 e. The van der Waals surface area contributed by atoms with Gasteiger partial charge in [-0.15, -0.1) is 0 Å². The third-order valence-electron chi connectivity index (χ3n) is 1.32. The van der Waals surface area contributed by atoms with Crippen LogP contribution in [0.3, 0.4) is 0 Å². The van der Waals surface area contributed by atoms with Crippen LogP contribution in [0.4, 0.5) is 0 Å². The number of benzene rings is 1. The van der Waals surface area contributed by atoms with E-state index in [9.17, 15) is 0 Å². The van der Waals surface area contributed by atoms with E-state index in [0.29, 0.717) is 0 Å². The molecule has 52 valence electrons. The Kier molecular flexibility index (Phi) is 5.40. The summed E-state index contributed by atoms with van der Waals surface area (Å²) >= 11 is 3.37. The van der Waals surface area contributed by atoms with Crippen molar-refractivity contribution in [2.75, 3.05) is 0 Å². The second-order valence-electron chi connectivity index (χ2n) is 1.98. The fourth-order valence-corrected chi connectivity index (χ4v) is 0.984. The molecule has 0 radical (unpaired) electrons. The van der Waals surface area contributed by atoms with E-state index < -0.39 is 0 Å². The molecular weight excluding hydrogens is 200 g/mol. The Balaban J connectivity index is -0.000000270. The van der Waals surface area contributed by atoms with E-state index in [1.165, 1.54) is 5.56 Å². The number of hydrogen-bond acceptors (Lipinski definition) is 0. The predicted molar refractivity (Wildman–Crippen MR) is 51.5 cm³/mol. The molecule has 0 spiro atoms. The average Bonchev–Trinajstić information content (AvgIpc) is 1.90. The fourth-order valence-electron chi connectivity index (χ4n) is 0.720. The minimum atomic E-state index is 0. The number of aryl methyl sites for hydroxylation is 1. The Morgan fingerprint density at radius 2 is 1.80 bits per heavy atom. The molecule has 0 amide bonds. The third-order valence-corrected chi connectivity index (χ3v) is 1.85. The van der Waals surface area contributed by atoms with Gasteiger partial charge in [-0.1, -0.05) is 35.0 Å². The van der Waals surface area contributed by atoms with Crippen LogP contribution in [0.25, 0.3) is 0 Å². The fraction of sp³-hybridized carbons (Fsp3) is 0.250. The van der Waals surface area contributed by atoms with Crippen molar-refractivity contribution in [1.29, 1.82) is 0 Å². The Bertz CT molecular complexity index is 189. The van der Waals surface area contributed by atoms with E-state index in [-0.39, 0.29) is 25.9 Å². The maximum absolute atomic E-state index is 3.37. The molecule has 1 rings (SSSR count). The summed E-state index contributed by atoms with van der Waals surface area (Å²) in [5.74, 6) is 0. The first kappa shape index (κ1) is 10.5. The Morgan fingerprint density at radius 3 is 2.20 bits per heavy atom. The van der Waals surface area contributed by atoms with Crippen LogP contribution in [0.2, 0.25) is 0 Å². The molecule has 1 aromatic rings. The van der Waals surface area contributed by atoms with E-state index in [1.54, 1.807) is 0 Å². The van der Waals surface area contributed by atoms with Crippen molar-refractivity contribution in [3.8, 4) is 0 Å². The third kappa shape index (κ3) is 3.04. The second-order valence-corrected chi connectivity index (χ2v) is 2.90. The summed E-state index contributed by atoms with van der Waals surface area (Å²) in [7, 11) is 0. The minimum Gasteiger partial charge on any atom is -1.00 e. The van der Waals surface area contributed by atoms with Crippen molar-refractivity contribution < 1.29 is 2.85 Å². The Labute approximate surface area is 89.3 Å². The summed E-state index contributed by atoms with van der Waals surface area (Å²) in [6, 6.07) is 8.39. The summed E-state index contributed by atoms with van der Waals surface area (Å²) in [6.45, 7) is 2.16. The van der Waals surface area contributed by atoms with E-state index in [2.05, 4.69) is 47.1 Å². The van der Waals surface area contributed by atoms with Crippen molar-refractivity contribution in [2.45, 2.75) is 13.3 Å². The number of halogens is 1. The van der Waals surface area contributed by atoms with E-state index in [1.807, 2.05) is 0 Å². The molecule has 0 heterocycles. The zero-order chi connectivity index (χ0) is 6.69. The predicted octanol–water partition coefficient (Wildman–Crippen LogP) is 2.86. The van der Waals surface area contributed by atoms with Gasteiger partial charge >= 0.3 is 23.1 Å². The number of rotatable bonds is 1. The van der Waals surface area contributed by atoms with Crippen LogP contribution in [-0.4, -0.2) is 23.1 Å². The van der Waals surface area contributed by atoms with Crippen LogP contribution in [0.15, 0.2) is 28.7 Å². The first-order valence-electron chi connectivity index (χ1n) is 3.07. The van der Waals surface area contributed by atoms with Crippen LogP contribution in [0.5, 0.6) is 0 Å². The molecule has 0 atom stereocenters. The monoisotopic (exact) mass is 210 g/mol. The zero-order valence-electron chi connectivity index (χ0n) is 8.10. The summed E-state index contributed by atoms with van der Waals surface area (Å²) in [6.07, 6.45) is 1.12. The standard InChI is InChI=1S/C8H9Br.Mg.2H/c1-2-7-3-5-8(9)6-4-7;;;/h3-6H,2H2,1H3;;;/q;+2;2*-1. The summed E-state index contributed by atoms with van der Waals surface area (Å²) in [4.78, 5) is 0. The maximum atomic E-state index is 3.37. The van der Waals surface area contributed by atoms with Crippen molar-refractivity contribution in [1.82, 2.24) is 0 Å². The minimum absolute atomic E-state index is 0. The molecule has 0 nitrogen and oxygen atoms in total. The molecule has 0 saturated carbocycles. The molecule has 0 aliphatic carbocycles. The quantitative estimate of drug-likeness (QED) is 0.627. The van der Waals surface area contributed by atoms with Gasteiger partial charge in [-0.05, 0) is 24.1 Å². The Hall–Kier alpha value is 0.466. The molecule has 0 bridgehead atoms. The van der Waals surface area contributed by atoms with Gasteiger partial charge < -0.3 is 2.85 Å². The molecule has 0 aliphatic heterocycles. The van der Waals surface area contributed by atoms with E-state index >= 15 is 0 Å². The molecule has 0 aromatic heterocycles. The SMILES string of the molecule is CCc1ccc(Br)cc1.[H-].[H-].[Mg+2]. The van der Waals surface area contributed by atoms with E-state index in [0.717, 1.165) is 10.9 Å². The summed E-state index contributed by atoms with van der Waals surface area (Å²) in [5.41, 5.74) is 1.39. The molecule has 1 aromatic carbocycles. The second kappa shape index (κ2) is 5.16. The topological polar surface area (TPSA) is 0 Å². The van der Waals surface area contributed by atoms with Gasteiger partial charge in [0.25, 0.3) is 0 Å². The maximum Gasteiger partial charge on any atom is 2.00 e. The average molecular weight is 211 g/mol. The molecule has 0 saturated heterocycles. The normalized spacial score (nSPS) is 8.60. The molecule has 10 heavy (non-hydrogen) atoms. The number of hydrogen-bond donors (Lipinski definition) is 0. The Morgan fingerprint density at radius 1 is 1.30 bits per heavy atom. The molecular formula is C8H11BrMg. The van der Waals surface area contributed by atoms with Crippen molar-refractivity contribution >= 4 is 39.0 Å². The summed E-state index contributed by atoms with van der Waals surface area (Å²) < 4.78 is 1.15. The van der Waals surface area contributed by atoms with Crippen molar-refractivity contribution in [2.24, 2.45) is 0 Å². The van der Waals surface area contributed by atoms with Gasteiger partial charge in [0.1, 0.15) is 0 Å². The molecule has 0 N–H and O–H groups in total. The van der Waals surface area contributed by atoms with Gasteiger partial charge in [0, 0.05) is 4.47 Å². The van der Waals surface area contributed by atoms with Crippen LogP contribution >= 0.6 is 15.9 Å². The van der Waals surface area contributed by atoms with Crippen molar-refractivity contribution in [3.05, 3.63) is 34.3 Å². The first-order valence-corrected chi connectivity index (χ1v) is 3.86. The summed E-state index contributed by atoms with van der Waals surface area (Å²) in [5, 5.41) is 0. The van der Waals surface area contributed by atoms with Gasteiger partial charge in [0.2, 0.25) is 0 Å². The first-order chi connectivity index (χ1) is 4.33. The van der Waals surface area contributed by atoms with Crippen LogP contribution in [0.1, 0.15) is 15.3 Å².